The number of hydrogen-bond donors (Lipinski definition) is 1. The minimum absolute atomic E-state index is 0.00862. The van der Waals surface area contributed by atoms with E-state index in [9.17, 15) is 4.79 Å². The summed E-state index contributed by atoms with van der Waals surface area (Å²) in [6.45, 7) is 3.93. The molecule has 1 aliphatic heterocycles. The number of pyridine rings is 1. The van der Waals surface area contributed by atoms with Crippen molar-refractivity contribution in [2.24, 2.45) is 5.92 Å². The highest BCUT2D eigenvalue weighted by Gasteiger charge is 2.33. The van der Waals surface area contributed by atoms with Crippen LogP contribution in [0.15, 0.2) is 30.7 Å². The van der Waals surface area contributed by atoms with E-state index in [4.69, 9.17) is 4.74 Å². The minimum atomic E-state index is -0.235. The number of anilines is 1. The lowest BCUT2D eigenvalue weighted by atomic mass is 9.90. The van der Waals surface area contributed by atoms with Gasteiger partial charge in [-0.3, -0.25) is 14.5 Å². The van der Waals surface area contributed by atoms with Crippen molar-refractivity contribution in [1.82, 2.24) is 20.1 Å². The zero-order chi connectivity index (χ0) is 18.5. The number of aromatic nitrogens is 3. The van der Waals surface area contributed by atoms with E-state index >= 15 is 0 Å². The highest BCUT2D eigenvalue weighted by molar-refractivity contribution is 5.79. The molecule has 1 N–H and O–H groups in total. The van der Waals surface area contributed by atoms with Crippen molar-refractivity contribution in [1.29, 1.82) is 0 Å². The van der Waals surface area contributed by atoms with Gasteiger partial charge in [0.05, 0.1) is 36.1 Å². The van der Waals surface area contributed by atoms with E-state index < -0.39 is 0 Å². The number of amides is 1. The molecule has 0 bridgehead atoms. The van der Waals surface area contributed by atoms with Gasteiger partial charge in [-0.2, -0.15) is 5.10 Å². The van der Waals surface area contributed by atoms with Gasteiger partial charge in [0.15, 0.2) is 0 Å². The van der Waals surface area contributed by atoms with Crippen molar-refractivity contribution in [2.45, 2.75) is 39.0 Å². The van der Waals surface area contributed by atoms with Gasteiger partial charge >= 0.3 is 0 Å². The number of carbonyl (C=O) groups is 1. The maximum absolute atomic E-state index is 12.9. The molecule has 7 nitrogen and oxygen atoms in total. The predicted molar refractivity (Wildman–Crippen MR) is 99.7 cm³/mol. The fourth-order valence-electron chi connectivity index (χ4n) is 3.35. The first-order valence-corrected chi connectivity index (χ1v) is 9.13. The van der Waals surface area contributed by atoms with Crippen LogP contribution in [0.3, 0.4) is 0 Å². The number of ether oxygens (including phenoxy) is 1. The quantitative estimate of drug-likeness (QED) is 0.858. The second-order valence-corrected chi connectivity index (χ2v) is 6.75. The van der Waals surface area contributed by atoms with Crippen molar-refractivity contribution in [3.63, 3.8) is 0 Å². The standard InChI is InChI=1S/C19H27N5O2/c1-4-24-13-14(11-22-24)18-15(7-6-10-26-18)19(25)21-12-16-17(23(2)3)8-5-9-20-16/h5,8-9,11,13,15,18H,4,6-7,10,12H2,1-3H3,(H,21,25)/t15-,18+/m1/s1. The molecule has 0 radical (unpaired) electrons. The molecule has 140 valence electrons. The highest BCUT2D eigenvalue weighted by Crippen LogP contribution is 2.33. The Balaban J connectivity index is 1.69. The molecule has 0 aromatic carbocycles. The summed E-state index contributed by atoms with van der Waals surface area (Å²) >= 11 is 0. The van der Waals surface area contributed by atoms with Gasteiger partial charge in [-0.15, -0.1) is 0 Å². The fraction of sp³-hybridized carbons (Fsp3) is 0.526. The van der Waals surface area contributed by atoms with Crippen molar-refractivity contribution in [2.75, 3.05) is 25.6 Å². The van der Waals surface area contributed by atoms with Gasteiger partial charge < -0.3 is 15.0 Å². The summed E-state index contributed by atoms with van der Waals surface area (Å²) in [4.78, 5) is 19.3. The van der Waals surface area contributed by atoms with Crippen LogP contribution in [-0.4, -0.2) is 41.4 Å². The summed E-state index contributed by atoms with van der Waals surface area (Å²) in [5.41, 5.74) is 2.84. The molecular weight excluding hydrogens is 330 g/mol. The molecule has 3 heterocycles. The average molecular weight is 357 g/mol. The Morgan fingerprint density at radius 1 is 1.46 bits per heavy atom. The summed E-state index contributed by atoms with van der Waals surface area (Å²) < 4.78 is 7.79. The number of hydrogen-bond acceptors (Lipinski definition) is 5. The molecule has 1 saturated heterocycles. The monoisotopic (exact) mass is 357 g/mol. The van der Waals surface area contributed by atoms with Gasteiger partial charge in [0, 0.05) is 45.2 Å². The van der Waals surface area contributed by atoms with Crippen LogP contribution >= 0.6 is 0 Å². The molecule has 0 aliphatic carbocycles. The van der Waals surface area contributed by atoms with Gasteiger partial charge in [0.2, 0.25) is 5.91 Å². The molecule has 0 saturated carbocycles. The normalized spacial score (nSPS) is 20.0. The van der Waals surface area contributed by atoms with Gasteiger partial charge in [-0.05, 0) is 31.9 Å². The molecule has 1 fully saturated rings. The molecule has 1 amide bonds. The van der Waals surface area contributed by atoms with Crippen molar-refractivity contribution in [3.05, 3.63) is 42.0 Å². The van der Waals surface area contributed by atoms with Crippen molar-refractivity contribution >= 4 is 11.6 Å². The Labute approximate surface area is 154 Å². The van der Waals surface area contributed by atoms with Crippen LogP contribution in [-0.2, 0) is 22.6 Å². The highest BCUT2D eigenvalue weighted by atomic mass is 16.5. The number of aryl methyl sites for hydroxylation is 1. The van der Waals surface area contributed by atoms with E-state index in [1.165, 1.54) is 0 Å². The minimum Gasteiger partial charge on any atom is -0.376 e. The molecule has 7 heteroatoms. The molecule has 26 heavy (non-hydrogen) atoms. The second-order valence-electron chi connectivity index (χ2n) is 6.75. The molecule has 2 atom stereocenters. The maximum atomic E-state index is 12.9. The van der Waals surface area contributed by atoms with Crippen LogP contribution in [0, 0.1) is 5.92 Å². The van der Waals surface area contributed by atoms with E-state index in [1.807, 2.05) is 55.1 Å². The number of nitrogens with one attached hydrogen (secondary N) is 1. The topological polar surface area (TPSA) is 72.3 Å². The van der Waals surface area contributed by atoms with Gasteiger partial charge in [0.1, 0.15) is 0 Å². The van der Waals surface area contributed by atoms with E-state index in [0.29, 0.717) is 13.2 Å². The molecule has 0 spiro atoms. The summed E-state index contributed by atoms with van der Waals surface area (Å²) in [6, 6.07) is 3.90. The molecule has 1 aliphatic rings. The Morgan fingerprint density at radius 3 is 3.04 bits per heavy atom. The Morgan fingerprint density at radius 2 is 2.31 bits per heavy atom. The SMILES string of the molecule is CCn1cc([C@@H]2OCCC[C@H]2C(=O)NCc2ncccc2N(C)C)cn1. The zero-order valence-corrected chi connectivity index (χ0v) is 15.7. The molecule has 3 rings (SSSR count). The lowest BCUT2D eigenvalue weighted by molar-refractivity contribution is -0.134. The fourth-order valence-corrected chi connectivity index (χ4v) is 3.35. The van der Waals surface area contributed by atoms with Crippen LogP contribution in [0.1, 0.15) is 37.1 Å². The first-order valence-electron chi connectivity index (χ1n) is 9.13. The summed E-state index contributed by atoms with van der Waals surface area (Å²) in [6.07, 6.45) is 7.00. The van der Waals surface area contributed by atoms with E-state index in [-0.39, 0.29) is 17.9 Å². The molecular formula is C19H27N5O2. The van der Waals surface area contributed by atoms with Crippen LogP contribution in [0.5, 0.6) is 0 Å². The van der Waals surface area contributed by atoms with E-state index in [2.05, 4.69) is 15.4 Å². The zero-order valence-electron chi connectivity index (χ0n) is 15.7. The lowest BCUT2D eigenvalue weighted by Gasteiger charge is -2.30. The Hall–Kier alpha value is -2.41. The predicted octanol–water partition coefficient (Wildman–Crippen LogP) is 2.15. The summed E-state index contributed by atoms with van der Waals surface area (Å²) in [5.74, 6) is -0.195. The number of rotatable bonds is 6. The van der Waals surface area contributed by atoms with Crippen LogP contribution in [0.4, 0.5) is 5.69 Å². The van der Waals surface area contributed by atoms with E-state index in [1.54, 1.807) is 6.20 Å². The van der Waals surface area contributed by atoms with Crippen molar-refractivity contribution in [3.8, 4) is 0 Å². The maximum Gasteiger partial charge on any atom is 0.226 e. The smallest absolute Gasteiger partial charge is 0.226 e. The van der Waals surface area contributed by atoms with Crippen LogP contribution in [0.25, 0.3) is 0 Å². The van der Waals surface area contributed by atoms with Gasteiger partial charge in [-0.25, -0.2) is 0 Å². The van der Waals surface area contributed by atoms with Crippen molar-refractivity contribution < 1.29 is 9.53 Å². The lowest BCUT2D eigenvalue weighted by Crippen LogP contribution is -2.37. The Kier molecular flexibility index (Phi) is 5.88. The largest absolute Gasteiger partial charge is 0.376 e. The average Bonchev–Trinajstić information content (AvgIpc) is 3.15. The summed E-state index contributed by atoms with van der Waals surface area (Å²) in [5, 5.41) is 7.37. The van der Waals surface area contributed by atoms with Crippen LogP contribution in [0.2, 0.25) is 0 Å². The number of nitrogens with zero attached hydrogens (tertiary/aromatic N) is 4. The first-order chi connectivity index (χ1) is 12.6. The molecule has 0 unspecified atom stereocenters. The second kappa shape index (κ2) is 8.31. The third-order valence-corrected chi connectivity index (χ3v) is 4.74. The third kappa shape index (κ3) is 4.04. The molecule has 2 aromatic rings. The third-order valence-electron chi connectivity index (χ3n) is 4.74. The van der Waals surface area contributed by atoms with Crippen LogP contribution < -0.4 is 10.2 Å². The molecule has 2 aromatic heterocycles. The van der Waals surface area contributed by atoms with Gasteiger partial charge in [-0.1, -0.05) is 0 Å². The summed E-state index contributed by atoms with van der Waals surface area (Å²) in [7, 11) is 3.94. The first kappa shape index (κ1) is 18.4. The Bertz CT molecular complexity index is 743. The van der Waals surface area contributed by atoms with E-state index in [0.717, 1.165) is 36.3 Å². The number of carbonyl (C=O) groups excluding carboxylic acids is 1. The van der Waals surface area contributed by atoms with Gasteiger partial charge in [0.25, 0.3) is 0 Å².